The van der Waals surface area contributed by atoms with E-state index in [2.05, 4.69) is 34.5 Å². The van der Waals surface area contributed by atoms with E-state index in [1.807, 2.05) is 34.7 Å². The molecular weight excluding hydrogens is 543 g/mol. The highest BCUT2D eigenvalue weighted by atomic mass is 32.2. The van der Waals surface area contributed by atoms with E-state index in [0.717, 1.165) is 23.7 Å². The molecule has 2 aromatic rings. The number of aryl methyl sites for hydroxylation is 1. The predicted molar refractivity (Wildman–Crippen MR) is 154 cm³/mol. The van der Waals surface area contributed by atoms with Crippen molar-refractivity contribution in [3.63, 3.8) is 0 Å². The number of carbonyl (C=O) groups excluding carboxylic acids is 1. The maximum Gasteiger partial charge on any atom is 0.410 e. The molecule has 2 aromatic heterocycles. The van der Waals surface area contributed by atoms with Crippen molar-refractivity contribution >= 4 is 47.0 Å². The van der Waals surface area contributed by atoms with Crippen LogP contribution in [0.4, 0.5) is 16.3 Å². The summed E-state index contributed by atoms with van der Waals surface area (Å²) in [6.07, 6.45) is 2.05. The second kappa shape index (κ2) is 11.9. The minimum absolute atomic E-state index is 0.0595. The summed E-state index contributed by atoms with van der Waals surface area (Å²) in [6.45, 7) is 15.7. The number of aromatic nitrogens is 2. The van der Waals surface area contributed by atoms with Gasteiger partial charge in [0.15, 0.2) is 10.8 Å². The molecule has 0 spiro atoms. The highest BCUT2D eigenvalue weighted by molar-refractivity contribution is 7.92. The fraction of sp³-hybridized carbons (Fsp3) is 0.640. The molecule has 0 N–H and O–H groups in total. The molecule has 1 unspecified atom stereocenters. The van der Waals surface area contributed by atoms with Crippen molar-refractivity contribution in [3.8, 4) is 0 Å². The van der Waals surface area contributed by atoms with E-state index in [0.29, 0.717) is 25.5 Å². The lowest BCUT2D eigenvalue weighted by atomic mass is 10.1. The quantitative estimate of drug-likeness (QED) is 0.223. The van der Waals surface area contributed by atoms with Gasteiger partial charge in [0, 0.05) is 46.2 Å². The van der Waals surface area contributed by atoms with Crippen LogP contribution in [0.3, 0.4) is 0 Å². The van der Waals surface area contributed by atoms with E-state index < -0.39 is 23.7 Å². The summed E-state index contributed by atoms with van der Waals surface area (Å²) in [6, 6.07) is 2.59. The first kappa shape index (κ1) is 30.3. The summed E-state index contributed by atoms with van der Waals surface area (Å²) in [4.78, 5) is 24.8. The maximum absolute atomic E-state index is 13.6. The molecule has 1 saturated heterocycles. The Morgan fingerprint density at radius 1 is 1.26 bits per heavy atom. The molecule has 212 valence electrons. The number of thiazole rings is 1. The van der Waals surface area contributed by atoms with Crippen molar-refractivity contribution in [2.24, 2.45) is 0 Å². The number of sulfonamides is 1. The lowest BCUT2D eigenvalue weighted by Gasteiger charge is -2.29. The van der Waals surface area contributed by atoms with Crippen molar-refractivity contribution in [1.29, 1.82) is 0 Å². The Hall–Kier alpha value is -2.22. The van der Waals surface area contributed by atoms with Gasteiger partial charge in [0.25, 0.3) is 10.0 Å². The molecule has 1 atom stereocenters. The van der Waals surface area contributed by atoms with Crippen LogP contribution in [0.1, 0.15) is 32.8 Å². The first-order valence-corrected chi connectivity index (χ1v) is 18.8. The smallest absolute Gasteiger partial charge is 0.410 e. The molecule has 38 heavy (non-hydrogen) atoms. The average Bonchev–Trinajstić information content (AvgIpc) is 3.49. The van der Waals surface area contributed by atoms with E-state index in [1.165, 1.54) is 15.6 Å². The van der Waals surface area contributed by atoms with Crippen LogP contribution in [0.25, 0.3) is 0 Å². The fourth-order valence-corrected chi connectivity index (χ4v) is 6.67. The second-order valence-corrected chi connectivity index (χ2v) is 20.0. The third kappa shape index (κ3) is 7.90. The van der Waals surface area contributed by atoms with E-state index in [9.17, 15) is 13.2 Å². The molecule has 0 radical (unpaired) electrons. The van der Waals surface area contributed by atoms with Gasteiger partial charge in [-0.1, -0.05) is 19.6 Å². The number of carbonyl (C=O) groups is 1. The number of hydrogen-bond acceptors (Lipinski definition) is 9. The number of nitrogens with zero attached hydrogens (tertiary/aromatic N) is 5. The van der Waals surface area contributed by atoms with Crippen LogP contribution < -0.4 is 9.21 Å². The topological polar surface area (TPSA) is 105 Å². The predicted octanol–water partition coefficient (Wildman–Crippen LogP) is 4.80. The van der Waals surface area contributed by atoms with Gasteiger partial charge >= 0.3 is 6.09 Å². The van der Waals surface area contributed by atoms with Gasteiger partial charge in [-0.05, 0) is 51.8 Å². The number of amides is 1. The SMILES string of the molecule is Cc1cc(S(=O)(=O)N(COCC[Si](C)(C)C)c2cscn2)ncc1N(C)C1CCN(C(=O)OC(C)(C)C)C1. The van der Waals surface area contributed by atoms with Crippen molar-refractivity contribution in [1.82, 2.24) is 14.9 Å². The summed E-state index contributed by atoms with van der Waals surface area (Å²) < 4.78 is 39.7. The number of likely N-dealkylation sites (N-methyl/N-ethyl adjacent to an activating group) is 1. The number of anilines is 2. The van der Waals surface area contributed by atoms with Crippen LogP contribution in [0.2, 0.25) is 25.7 Å². The van der Waals surface area contributed by atoms with Gasteiger partial charge in [0.1, 0.15) is 12.3 Å². The molecule has 10 nitrogen and oxygen atoms in total. The molecule has 1 fully saturated rings. The van der Waals surface area contributed by atoms with E-state index in [4.69, 9.17) is 9.47 Å². The number of hydrogen-bond donors (Lipinski definition) is 0. The van der Waals surface area contributed by atoms with Crippen LogP contribution in [0, 0.1) is 6.92 Å². The summed E-state index contributed by atoms with van der Waals surface area (Å²) in [5.41, 5.74) is 2.63. The molecule has 0 aliphatic carbocycles. The van der Waals surface area contributed by atoms with Gasteiger partial charge in [-0.15, -0.1) is 11.3 Å². The van der Waals surface area contributed by atoms with E-state index >= 15 is 0 Å². The molecule has 0 aromatic carbocycles. The number of pyridine rings is 1. The zero-order valence-corrected chi connectivity index (χ0v) is 26.4. The van der Waals surface area contributed by atoms with Gasteiger partial charge in [-0.2, -0.15) is 8.42 Å². The van der Waals surface area contributed by atoms with E-state index in [-0.39, 0.29) is 23.9 Å². The highest BCUT2D eigenvalue weighted by Gasteiger charge is 2.33. The van der Waals surface area contributed by atoms with Gasteiger partial charge in [0.2, 0.25) is 0 Å². The van der Waals surface area contributed by atoms with Crippen molar-refractivity contribution in [2.75, 3.05) is 42.7 Å². The van der Waals surface area contributed by atoms with Crippen molar-refractivity contribution in [2.45, 2.75) is 76.5 Å². The normalized spacial score (nSPS) is 16.5. The van der Waals surface area contributed by atoms with Crippen LogP contribution in [-0.4, -0.2) is 82.6 Å². The molecule has 3 rings (SSSR count). The summed E-state index contributed by atoms with van der Waals surface area (Å²) in [5, 5.41) is 1.63. The van der Waals surface area contributed by atoms with Crippen molar-refractivity contribution < 1.29 is 22.7 Å². The Kier molecular flexibility index (Phi) is 9.48. The maximum atomic E-state index is 13.6. The first-order chi connectivity index (χ1) is 17.6. The largest absolute Gasteiger partial charge is 0.444 e. The Morgan fingerprint density at radius 2 is 1.97 bits per heavy atom. The van der Waals surface area contributed by atoms with Gasteiger partial charge in [-0.3, -0.25) is 0 Å². The molecule has 0 bridgehead atoms. The third-order valence-electron chi connectivity index (χ3n) is 6.24. The van der Waals surface area contributed by atoms with Gasteiger partial charge in [0.05, 0.1) is 17.4 Å². The molecule has 0 saturated carbocycles. The molecule has 3 heterocycles. The number of rotatable bonds is 10. The van der Waals surface area contributed by atoms with Crippen LogP contribution in [0.15, 0.2) is 28.2 Å². The lowest BCUT2D eigenvalue weighted by molar-refractivity contribution is 0.0292. The van der Waals surface area contributed by atoms with Crippen LogP contribution >= 0.6 is 11.3 Å². The zero-order chi connectivity index (χ0) is 28.3. The Bertz CT molecular complexity index is 1200. The molecule has 1 aliphatic heterocycles. The Labute approximate surface area is 232 Å². The summed E-state index contributed by atoms with van der Waals surface area (Å²) >= 11 is 1.32. The summed E-state index contributed by atoms with van der Waals surface area (Å²) in [5.74, 6) is 0.317. The molecular formula is C25H41N5O5S2Si. The average molecular weight is 584 g/mol. The second-order valence-electron chi connectivity index (χ2n) is 11.8. The van der Waals surface area contributed by atoms with Gasteiger partial charge in [-0.25, -0.2) is 19.1 Å². The first-order valence-electron chi connectivity index (χ1n) is 12.7. The number of ether oxygens (including phenoxy) is 2. The standard InChI is InChI=1S/C25H41N5O5S2Si/c1-19-13-23(37(32,33)30(22-16-36-17-27-22)18-34-11-12-38(6,7)8)26-14-21(19)28(5)20-9-10-29(15-20)24(31)35-25(2,3)4/h13-14,16-17,20H,9-12,15,18H2,1-8H3. The van der Waals surface area contributed by atoms with Crippen molar-refractivity contribution in [3.05, 3.63) is 28.7 Å². The Balaban J connectivity index is 1.74. The van der Waals surface area contributed by atoms with Crippen LogP contribution in [0.5, 0.6) is 0 Å². The van der Waals surface area contributed by atoms with E-state index in [1.54, 1.807) is 28.1 Å². The van der Waals surface area contributed by atoms with Gasteiger partial charge < -0.3 is 19.3 Å². The summed E-state index contributed by atoms with van der Waals surface area (Å²) in [7, 11) is -3.37. The number of likely N-dealkylation sites (tertiary alicyclic amines) is 1. The van der Waals surface area contributed by atoms with Crippen LogP contribution in [-0.2, 0) is 19.5 Å². The molecule has 13 heteroatoms. The molecule has 1 amide bonds. The zero-order valence-electron chi connectivity index (χ0n) is 23.7. The lowest BCUT2D eigenvalue weighted by Crippen LogP contribution is -2.39. The molecule has 1 aliphatic rings. The minimum atomic E-state index is -4.00. The monoisotopic (exact) mass is 583 g/mol. The Morgan fingerprint density at radius 3 is 2.55 bits per heavy atom. The fourth-order valence-electron chi connectivity index (χ4n) is 4.01. The third-order valence-corrected chi connectivity index (χ3v) is 10.1. The highest BCUT2D eigenvalue weighted by Crippen LogP contribution is 2.29. The minimum Gasteiger partial charge on any atom is -0.444 e.